The van der Waals surface area contributed by atoms with E-state index in [1.54, 1.807) is 36.4 Å². The predicted octanol–water partition coefficient (Wildman–Crippen LogP) is 6.79. The molecule has 3 amide bonds. The molecule has 4 N–H and O–H groups in total. The quantitative estimate of drug-likeness (QED) is 0.281. The highest BCUT2D eigenvalue weighted by Crippen LogP contribution is 2.43. The standard InChI is InChI=1S/C30H38ClN3O4/c31-25-7-4-8-26(19-25)33-30(38)34-28(22-11-9-21(10-12-22)20-5-2-1-3-6-20)23-13-15-24(16-14-23)29(37)32-18-17-27(35)36/h4,7-8,13-16,19-22,28H,1-3,5-6,9-12,17-18H2,(H,32,37)(H,35,36)(H2,33,34,38). The second-order valence-electron chi connectivity index (χ2n) is 10.7. The van der Waals surface area contributed by atoms with Crippen LogP contribution in [0.15, 0.2) is 48.5 Å². The van der Waals surface area contributed by atoms with E-state index in [1.165, 1.54) is 44.9 Å². The normalized spacial score (nSPS) is 20.8. The van der Waals surface area contributed by atoms with Crippen molar-refractivity contribution < 1.29 is 19.5 Å². The number of carboxylic acids is 1. The van der Waals surface area contributed by atoms with Crippen molar-refractivity contribution in [2.24, 2.45) is 17.8 Å². The average molecular weight is 540 g/mol. The number of amides is 3. The van der Waals surface area contributed by atoms with E-state index in [4.69, 9.17) is 16.7 Å². The number of carbonyl (C=O) groups is 3. The van der Waals surface area contributed by atoms with Crippen LogP contribution in [-0.4, -0.2) is 29.6 Å². The second-order valence-corrected chi connectivity index (χ2v) is 11.1. The molecule has 38 heavy (non-hydrogen) atoms. The highest BCUT2D eigenvalue weighted by Gasteiger charge is 2.33. The van der Waals surface area contributed by atoms with Crippen LogP contribution in [0.5, 0.6) is 0 Å². The fraction of sp³-hybridized carbons (Fsp3) is 0.500. The molecule has 2 fully saturated rings. The Kier molecular flexibility index (Phi) is 10.0. The summed E-state index contributed by atoms with van der Waals surface area (Å²) in [6.45, 7) is 0.0774. The van der Waals surface area contributed by atoms with Gasteiger partial charge in [0, 0.05) is 22.8 Å². The summed E-state index contributed by atoms with van der Waals surface area (Å²) in [5.41, 5.74) is 2.04. The Hall–Kier alpha value is -3.06. The van der Waals surface area contributed by atoms with E-state index in [1.807, 2.05) is 12.1 Å². The van der Waals surface area contributed by atoms with E-state index in [-0.39, 0.29) is 30.9 Å². The van der Waals surface area contributed by atoms with Crippen LogP contribution < -0.4 is 16.0 Å². The molecule has 0 heterocycles. The van der Waals surface area contributed by atoms with Crippen molar-refractivity contribution in [3.63, 3.8) is 0 Å². The zero-order valence-corrected chi connectivity index (χ0v) is 22.5. The van der Waals surface area contributed by atoms with Gasteiger partial charge in [-0.25, -0.2) is 4.79 Å². The first-order valence-electron chi connectivity index (χ1n) is 13.8. The highest BCUT2D eigenvalue weighted by atomic mass is 35.5. The number of hydrogen-bond acceptors (Lipinski definition) is 3. The fourth-order valence-electron chi connectivity index (χ4n) is 6.13. The second kappa shape index (κ2) is 13.7. The minimum Gasteiger partial charge on any atom is -0.481 e. The zero-order chi connectivity index (χ0) is 26.9. The summed E-state index contributed by atoms with van der Waals surface area (Å²) in [7, 11) is 0. The van der Waals surface area contributed by atoms with Crippen LogP contribution in [0.25, 0.3) is 0 Å². The number of aliphatic carboxylic acids is 1. The maximum absolute atomic E-state index is 13.0. The summed E-state index contributed by atoms with van der Waals surface area (Å²) in [6.07, 6.45) is 11.2. The van der Waals surface area contributed by atoms with Gasteiger partial charge >= 0.3 is 12.0 Å². The molecule has 8 heteroatoms. The van der Waals surface area contributed by atoms with Gasteiger partial charge in [0.1, 0.15) is 0 Å². The lowest BCUT2D eigenvalue weighted by atomic mass is 9.69. The Balaban J connectivity index is 1.44. The van der Waals surface area contributed by atoms with Gasteiger partial charge in [-0.3, -0.25) is 9.59 Å². The molecule has 1 atom stereocenters. The van der Waals surface area contributed by atoms with Crippen LogP contribution in [-0.2, 0) is 4.79 Å². The first-order chi connectivity index (χ1) is 18.4. The molecule has 7 nitrogen and oxygen atoms in total. The van der Waals surface area contributed by atoms with Gasteiger partial charge in [0.2, 0.25) is 0 Å². The molecule has 0 spiro atoms. The highest BCUT2D eigenvalue weighted by molar-refractivity contribution is 6.30. The molecule has 2 aromatic carbocycles. The third-order valence-electron chi connectivity index (χ3n) is 8.13. The van der Waals surface area contributed by atoms with Crippen LogP contribution in [0, 0.1) is 17.8 Å². The Bertz CT molecular complexity index is 1090. The number of rotatable bonds is 9. The van der Waals surface area contributed by atoms with Crippen molar-refractivity contribution in [2.75, 3.05) is 11.9 Å². The molecule has 204 valence electrons. The molecule has 2 saturated carbocycles. The van der Waals surface area contributed by atoms with E-state index < -0.39 is 5.97 Å². The Labute approximate surface area is 229 Å². The SMILES string of the molecule is O=C(O)CCNC(=O)c1ccc(C(NC(=O)Nc2cccc(Cl)c2)C2CCC(C3CCCCC3)CC2)cc1. The van der Waals surface area contributed by atoms with Crippen molar-refractivity contribution in [3.8, 4) is 0 Å². The molecule has 4 rings (SSSR count). The number of benzene rings is 2. The molecular formula is C30H38ClN3O4. The van der Waals surface area contributed by atoms with E-state index in [0.29, 0.717) is 22.2 Å². The van der Waals surface area contributed by atoms with Gasteiger partial charge in [0.25, 0.3) is 5.91 Å². The monoisotopic (exact) mass is 539 g/mol. The number of anilines is 1. The minimum absolute atomic E-state index is 0.0774. The summed E-state index contributed by atoms with van der Waals surface area (Å²) in [5, 5.41) is 18.1. The van der Waals surface area contributed by atoms with Crippen LogP contribution in [0.2, 0.25) is 5.02 Å². The topological polar surface area (TPSA) is 108 Å². The first-order valence-corrected chi connectivity index (χ1v) is 14.2. The fourth-order valence-corrected chi connectivity index (χ4v) is 6.32. The molecule has 0 aromatic heterocycles. The summed E-state index contributed by atoms with van der Waals surface area (Å²) < 4.78 is 0. The Morgan fingerprint density at radius 2 is 1.58 bits per heavy atom. The van der Waals surface area contributed by atoms with Gasteiger partial charge in [-0.2, -0.15) is 0 Å². The molecule has 2 aliphatic rings. The zero-order valence-electron chi connectivity index (χ0n) is 21.8. The van der Waals surface area contributed by atoms with Crippen molar-refractivity contribution in [1.29, 1.82) is 0 Å². The van der Waals surface area contributed by atoms with Crippen LogP contribution in [0.3, 0.4) is 0 Å². The molecule has 0 bridgehead atoms. The van der Waals surface area contributed by atoms with E-state index in [2.05, 4.69) is 16.0 Å². The van der Waals surface area contributed by atoms with E-state index in [9.17, 15) is 14.4 Å². The van der Waals surface area contributed by atoms with Gasteiger partial charge in [-0.15, -0.1) is 0 Å². The summed E-state index contributed by atoms with van der Waals surface area (Å²) in [6, 6.07) is 13.8. The maximum Gasteiger partial charge on any atom is 0.319 e. The van der Waals surface area contributed by atoms with Crippen molar-refractivity contribution in [1.82, 2.24) is 10.6 Å². The van der Waals surface area contributed by atoms with Crippen LogP contribution >= 0.6 is 11.6 Å². The van der Waals surface area contributed by atoms with Crippen molar-refractivity contribution >= 4 is 35.2 Å². The lowest BCUT2D eigenvalue weighted by Gasteiger charge is -2.38. The summed E-state index contributed by atoms with van der Waals surface area (Å²) >= 11 is 6.08. The minimum atomic E-state index is -0.955. The van der Waals surface area contributed by atoms with Crippen LogP contribution in [0.1, 0.15) is 86.2 Å². The summed E-state index contributed by atoms with van der Waals surface area (Å²) in [4.78, 5) is 36.2. The number of halogens is 1. The number of hydrogen-bond donors (Lipinski definition) is 4. The van der Waals surface area contributed by atoms with Gasteiger partial charge in [0.15, 0.2) is 0 Å². The van der Waals surface area contributed by atoms with Crippen LogP contribution in [0.4, 0.5) is 10.5 Å². The lowest BCUT2D eigenvalue weighted by Crippen LogP contribution is -2.38. The summed E-state index contributed by atoms with van der Waals surface area (Å²) in [5.74, 6) is 0.665. The molecule has 2 aromatic rings. The van der Waals surface area contributed by atoms with Gasteiger partial charge < -0.3 is 21.1 Å². The number of nitrogens with one attached hydrogen (secondary N) is 3. The molecular weight excluding hydrogens is 502 g/mol. The van der Waals surface area contributed by atoms with E-state index >= 15 is 0 Å². The van der Waals surface area contributed by atoms with E-state index in [0.717, 1.165) is 30.2 Å². The van der Waals surface area contributed by atoms with Crippen molar-refractivity contribution in [2.45, 2.75) is 70.3 Å². The predicted molar refractivity (Wildman–Crippen MR) is 149 cm³/mol. The number of urea groups is 1. The third kappa shape index (κ3) is 7.97. The smallest absolute Gasteiger partial charge is 0.319 e. The first kappa shape index (κ1) is 28.0. The number of carboxylic acid groups (broad SMARTS) is 1. The Morgan fingerprint density at radius 3 is 2.24 bits per heavy atom. The molecule has 0 aliphatic heterocycles. The lowest BCUT2D eigenvalue weighted by molar-refractivity contribution is -0.136. The van der Waals surface area contributed by atoms with Crippen molar-refractivity contribution in [3.05, 3.63) is 64.7 Å². The Morgan fingerprint density at radius 1 is 0.895 bits per heavy atom. The molecule has 0 radical (unpaired) electrons. The van der Waals surface area contributed by atoms with Gasteiger partial charge in [-0.05, 0) is 79.3 Å². The third-order valence-corrected chi connectivity index (χ3v) is 8.36. The average Bonchev–Trinajstić information content (AvgIpc) is 2.92. The number of carbonyl (C=O) groups excluding carboxylic acids is 2. The molecule has 1 unspecified atom stereocenters. The molecule has 2 aliphatic carbocycles. The molecule has 0 saturated heterocycles. The van der Waals surface area contributed by atoms with Gasteiger partial charge in [0.05, 0.1) is 12.5 Å². The largest absolute Gasteiger partial charge is 0.481 e. The van der Waals surface area contributed by atoms with Gasteiger partial charge in [-0.1, -0.05) is 61.9 Å². The maximum atomic E-state index is 13.0.